The molecule has 0 saturated carbocycles. The highest BCUT2D eigenvalue weighted by Crippen LogP contribution is 2.42. The van der Waals surface area contributed by atoms with Crippen molar-refractivity contribution in [3.05, 3.63) is 34.5 Å². The summed E-state index contributed by atoms with van der Waals surface area (Å²) in [5.74, 6) is 0.0849. The van der Waals surface area contributed by atoms with Gasteiger partial charge < -0.3 is 25.2 Å². The molecule has 3 aliphatic rings. The Hall–Kier alpha value is -3.16. The summed E-state index contributed by atoms with van der Waals surface area (Å²) in [6, 6.07) is 1.22. The molecule has 2 heterocycles. The summed E-state index contributed by atoms with van der Waals surface area (Å²) >= 11 is 0. The van der Waals surface area contributed by atoms with Crippen molar-refractivity contribution in [1.82, 2.24) is 15.1 Å². The highest BCUT2D eigenvalue weighted by molar-refractivity contribution is 7.91. The average molecular weight is 547 g/mol. The van der Waals surface area contributed by atoms with Crippen LogP contribution in [0.15, 0.2) is 21.5 Å². The summed E-state index contributed by atoms with van der Waals surface area (Å²) in [5, 5.41) is 26.2. The van der Waals surface area contributed by atoms with Crippen LogP contribution in [-0.4, -0.2) is 50.0 Å². The van der Waals surface area contributed by atoms with E-state index < -0.39 is 33.7 Å². The van der Waals surface area contributed by atoms with Crippen molar-refractivity contribution in [3.63, 3.8) is 0 Å². The molecular formula is C25H34N6O6S. The number of rotatable bonds is 4. The number of hydrogen-bond acceptors (Lipinski definition) is 7. The Morgan fingerprint density at radius 3 is 2.87 bits per heavy atom. The lowest BCUT2D eigenvalue weighted by Crippen LogP contribution is -2.39. The molecule has 12 nitrogen and oxygen atoms in total. The highest BCUT2D eigenvalue weighted by Gasteiger charge is 2.31. The molecule has 5 N–H and O–H groups in total. The molecular weight excluding hydrogens is 512 g/mol. The van der Waals surface area contributed by atoms with Crippen molar-refractivity contribution in [1.29, 1.82) is 0 Å². The number of hydrogen-bond donors (Lipinski definition) is 4. The zero-order valence-electron chi connectivity index (χ0n) is 21.8. The Morgan fingerprint density at radius 1 is 1.32 bits per heavy atom. The number of carbonyl (C=O) groups excluding carboxylic acids is 2. The number of aliphatic hydroxyl groups excluding tert-OH is 1. The van der Waals surface area contributed by atoms with Crippen molar-refractivity contribution in [2.45, 2.75) is 76.0 Å². The summed E-state index contributed by atoms with van der Waals surface area (Å²) < 4.78 is 29.7. The number of carbonyl (C=O) groups is 2. The molecule has 3 unspecified atom stereocenters. The fourth-order valence-corrected chi connectivity index (χ4v) is 6.27. The van der Waals surface area contributed by atoms with Crippen molar-refractivity contribution in [2.24, 2.45) is 15.4 Å². The third-order valence-electron chi connectivity index (χ3n) is 6.92. The predicted molar refractivity (Wildman–Crippen MR) is 139 cm³/mol. The summed E-state index contributed by atoms with van der Waals surface area (Å²) in [5.41, 5.74) is 3.96. The smallest absolute Gasteiger partial charge is 0.407 e. The van der Waals surface area contributed by atoms with Crippen LogP contribution in [0.1, 0.15) is 62.0 Å². The average Bonchev–Trinajstić information content (AvgIpc) is 3.55. The topological polar surface area (TPSA) is 170 Å². The minimum atomic E-state index is -3.66. The molecule has 1 aromatic heterocycles. The maximum atomic E-state index is 13.4. The lowest BCUT2D eigenvalue weighted by molar-refractivity contribution is 0.0502. The number of nitrogens with two attached hydrogens (primary N) is 1. The molecule has 0 radical (unpaired) electrons. The molecule has 0 saturated heterocycles. The van der Waals surface area contributed by atoms with E-state index in [2.05, 4.69) is 20.1 Å². The van der Waals surface area contributed by atoms with Gasteiger partial charge in [-0.15, -0.1) is 4.36 Å². The number of nitrogens with zero attached hydrogens (tertiary/aromatic N) is 3. The third kappa shape index (κ3) is 5.36. The molecule has 0 spiro atoms. The fourth-order valence-electron chi connectivity index (χ4n) is 5.26. The minimum Gasteiger partial charge on any atom is -0.476 e. The Balaban J connectivity index is 1.30. The number of nitrogens with one attached hydrogen (secondary N) is 2. The lowest BCUT2D eigenvalue weighted by atomic mass is 9.98. The first-order valence-corrected chi connectivity index (χ1v) is 14.4. The number of benzene rings is 1. The van der Waals surface area contributed by atoms with Crippen LogP contribution >= 0.6 is 0 Å². The van der Waals surface area contributed by atoms with E-state index in [1.165, 1.54) is 10.9 Å². The molecule has 3 amide bonds. The third-order valence-corrected chi connectivity index (χ3v) is 8.26. The van der Waals surface area contributed by atoms with Gasteiger partial charge in [0.15, 0.2) is 9.92 Å². The molecule has 2 aromatic rings. The Labute approximate surface area is 221 Å². The minimum absolute atomic E-state index is 0.0325. The maximum Gasteiger partial charge on any atom is 0.407 e. The first-order chi connectivity index (χ1) is 17.9. The highest BCUT2D eigenvalue weighted by atomic mass is 32.2. The second-order valence-electron chi connectivity index (χ2n) is 11.0. The molecule has 206 valence electrons. The van der Waals surface area contributed by atoms with Crippen LogP contribution < -0.4 is 20.5 Å². The van der Waals surface area contributed by atoms with Gasteiger partial charge in [0.1, 0.15) is 10.5 Å². The van der Waals surface area contributed by atoms with E-state index in [0.717, 1.165) is 41.5 Å². The summed E-state index contributed by atoms with van der Waals surface area (Å²) in [6.07, 6.45) is 4.14. The van der Waals surface area contributed by atoms with Crippen LogP contribution in [0.25, 0.3) is 0 Å². The zero-order chi connectivity index (χ0) is 27.2. The van der Waals surface area contributed by atoms with Crippen molar-refractivity contribution >= 4 is 27.7 Å². The number of aromatic nitrogens is 2. The van der Waals surface area contributed by atoms with Crippen LogP contribution in [0.4, 0.5) is 15.3 Å². The van der Waals surface area contributed by atoms with Crippen molar-refractivity contribution in [3.8, 4) is 5.88 Å². The van der Waals surface area contributed by atoms with E-state index in [-0.39, 0.29) is 23.3 Å². The van der Waals surface area contributed by atoms with Gasteiger partial charge in [-0.25, -0.2) is 23.6 Å². The normalized spacial score (nSPS) is 21.4. The van der Waals surface area contributed by atoms with Gasteiger partial charge in [-0.2, -0.15) is 5.10 Å². The van der Waals surface area contributed by atoms with Crippen LogP contribution in [-0.2, 0) is 40.5 Å². The SMILES string of the molecule is CC(C)(C)OC(=O)NCC1COc2c(S(N)(=O)=NC(=O)Nc3c4c(cc5c3CCC5O)CCC4)cnn2C1. The monoisotopic (exact) mass is 546 g/mol. The first-order valence-electron chi connectivity index (χ1n) is 12.8. The van der Waals surface area contributed by atoms with Gasteiger partial charge in [0.05, 0.1) is 25.5 Å². The van der Waals surface area contributed by atoms with E-state index in [4.69, 9.17) is 14.6 Å². The number of amides is 3. The van der Waals surface area contributed by atoms with Crippen LogP contribution in [0.2, 0.25) is 0 Å². The molecule has 0 fully saturated rings. The summed E-state index contributed by atoms with van der Waals surface area (Å²) in [6.45, 7) is 6.26. The predicted octanol–water partition coefficient (Wildman–Crippen LogP) is 2.82. The van der Waals surface area contributed by atoms with Crippen LogP contribution in [0.5, 0.6) is 5.88 Å². The van der Waals surface area contributed by atoms with E-state index in [9.17, 15) is 18.9 Å². The second-order valence-corrected chi connectivity index (χ2v) is 12.8. The zero-order valence-corrected chi connectivity index (χ0v) is 22.6. The van der Waals surface area contributed by atoms with Crippen LogP contribution in [0, 0.1) is 5.92 Å². The molecule has 1 aromatic carbocycles. The Kier molecular flexibility index (Phi) is 6.86. The van der Waals surface area contributed by atoms with Gasteiger partial charge >= 0.3 is 12.1 Å². The molecule has 3 atom stereocenters. The molecule has 0 bridgehead atoms. The first kappa shape index (κ1) is 26.4. The molecule has 5 rings (SSSR count). The number of urea groups is 1. The fraction of sp³-hybridized carbons (Fsp3) is 0.560. The van der Waals surface area contributed by atoms with E-state index >= 15 is 0 Å². The molecule has 2 aliphatic carbocycles. The van der Waals surface area contributed by atoms with Gasteiger partial charge in [-0.05, 0) is 75.1 Å². The number of alkyl carbamates (subject to hydrolysis) is 1. The number of ether oxygens (including phenoxy) is 2. The molecule has 13 heteroatoms. The Morgan fingerprint density at radius 2 is 2.11 bits per heavy atom. The van der Waals surface area contributed by atoms with E-state index in [0.29, 0.717) is 31.6 Å². The van der Waals surface area contributed by atoms with E-state index in [1.807, 2.05) is 6.07 Å². The largest absolute Gasteiger partial charge is 0.476 e. The number of anilines is 1. The summed E-state index contributed by atoms with van der Waals surface area (Å²) in [4.78, 5) is 24.9. The van der Waals surface area contributed by atoms with Gasteiger partial charge in [0.25, 0.3) is 0 Å². The van der Waals surface area contributed by atoms with Crippen LogP contribution in [0.3, 0.4) is 0 Å². The molecule has 38 heavy (non-hydrogen) atoms. The second kappa shape index (κ2) is 9.86. The number of aryl methyl sites for hydroxylation is 1. The standard InChI is InChI=1S/C25H34N6O6S/c1-25(2,3)37-24(34)27-10-14-12-31-22(36-13-14)20(11-28-31)38(26,35)30-23(33)29-21-16-6-4-5-15(16)9-18-17(21)7-8-19(18)32/h9,11,14,19,32H,4-8,10,12-13H2,1-3H3,(H,27,34)(H3,26,29,30,33,35). The van der Waals surface area contributed by atoms with E-state index in [1.54, 1.807) is 20.8 Å². The van der Waals surface area contributed by atoms with Crippen molar-refractivity contribution in [2.75, 3.05) is 18.5 Å². The lowest BCUT2D eigenvalue weighted by Gasteiger charge is -2.26. The number of aliphatic hydroxyl groups is 1. The Bertz CT molecular complexity index is 1400. The van der Waals surface area contributed by atoms with Gasteiger partial charge in [0.2, 0.25) is 5.88 Å². The van der Waals surface area contributed by atoms with Gasteiger partial charge in [0, 0.05) is 18.2 Å². The van der Waals surface area contributed by atoms with Crippen molar-refractivity contribution < 1.29 is 28.4 Å². The quantitative estimate of drug-likeness (QED) is 0.457. The summed E-state index contributed by atoms with van der Waals surface area (Å²) in [7, 11) is -3.66. The molecule has 1 aliphatic heterocycles. The maximum absolute atomic E-state index is 13.4. The number of fused-ring (bicyclic) bond motifs is 3. The van der Waals surface area contributed by atoms with Gasteiger partial charge in [-0.1, -0.05) is 6.07 Å². The van der Waals surface area contributed by atoms with Gasteiger partial charge in [-0.3, -0.25) is 0 Å².